The van der Waals surface area contributed by atoms with Gasteiger partial charge in [-0.1, -0.05) is 6.07 Å². The van der Waals surface area contributed by atoms with Crippen molar-refractivity contribution in [3.8, 4) is 17.9 Å². The molecule has 2 spiro atoms. The van der Waals surface area contributed by atoms with E-state index in [4.69, 9.17) is 29.9 Å². The van der Waals surface area contributed by atoms with Crippen LogP contribution in [0.25, 0.3) is 10.8 Å². The molecule has 10 rings (SSSR count). The molecule has 0 radical (unpaired) electrons. The van der Waals surface area contributed by atoms with Crippen molar-refractivity contribution in [2.75, 3.05) is 62.2 Å². The summed E-state index contributed by atoms with van der Waals surface area (Å²) < 4.78 is 26.6. The number of pyridine rings is 2. The molecule has 5 fully saturated rings. The number of halogens is 1. The van der Waals surface area contributed by atoms with Crippen molar-refractivity contribution < 1.29 is 33.4 Å². The van der Waals surface area contributed by atoms with Gasteiger partial charge in [0.15, 0.2) is 0 Å². The molecule has 2 aromatic carbocycles. The smallest absolute Gasteiger partial charge is 0.410 e. The van der Waals surface area contributed by atoms with Crippen molar-refractivity contribution in [1.82, 2.24) is 30.0 Å². The number of carbonyl (C=O) groups excluding carboxylic acids is 2. The molecule has 4 aliphatic heterocycles. The van der Waals surface area contributed by atoms with Gasteiger partial charge in [-0.05, 0) is 126 Å². The molecule has 2 N–H and O–H groups in total. The first-order valence-electron chi connectivity index (χ1n) is 23.7. The van der Waals surface area contributed by atoms with Crippen LogP contribution < -0.4 is 20.1 Å². The highest BCUT2D eigenvalue weighted by molar-refractivity contribution is 5.95. The number of carbonyl (C=O) groups is 3. The lowest BCUT2D eigenvalue weighted by Crippen LogP contribution is -2.37. The van der Waals surface area contributed by atoms with Gasteiger partial charge in [0.2, 0.25) is 0 Å². The van der Waals surface area contributed by atoms with Gasteiger partial charge >= 0.3 is 6.09 Å². The van der Waals surface area contributed by atoms with Crippen LogP contribution in [-0.4, -0.2) is 118 Å². The van der Waals surface area contributed by atoms with E-state index < -0.39 is 11.4 Å². The zero-order valence-corrected chi connectivity index (χ0v) is 39.7. The number of nitrogens with zero attached hydrogens (tertiary/aromatic N) is 9. The molecule has 1 saturated carbocycles. The van der Waals surface area contributed by atoms with E-state index >= 15 is 4.39 Å². The lowest BCUT2D eigenvalue weighted by Gasteiger charge is -2.27. The summed E-state index contributed by atoms with van der Waals surface area (Å²) in [5.41, 5.74) is 1.81. The fourth-order valence-electron chi connectivity index (χ4n) is 10.0. The van der Waals surface area contributed by atoms with Crippen molar-refractivity contribution in [2.24, 2.45) is 10.8 Å². The zero-order valence-electron chi connectivity index (χ0n) is 39.7. The third-order valence-corrected chi connectivity index (χ3v) is 13.9. The van der Waals surface area contributed by atoms with Crippen molar-refractivity contribution in [3.05, 3.63) is 117 Å². The summed E-state index contributed by atoms with van der Waals surface area (Å²) in [6.45, 7) is 11.4. The summed E-state index contributed by atoms with van der Waals surface area (Å²) in [6, 6.07) is 21.5. The maximum absolute atomic E-state index is 15.1. The van der Waals surface area contributed by atoms with E-state index in [1.807, 2.05) is 49.9 Å². The number of H-pyrrole nitrogens is 1. The maximum atomic E-state index is 15.1. The number of anilines is 2. The van der Waals surface area contributed by atoms with Crippen LogP contribution in [0.4, 0.5) is 20.8 Å². The van der Waals surface area contributed by atoms with Gasteiger partial charge in [0.05, 0.1) is 33.9 Å². The molecule has 0 bridgehead atoms. The molecular weight excluding hydrogens is 896 g/mol. The number of aromatic amines is 1. The number of ether oxygens (including phenoxy) is 2. The number of hydrogen-bond donors (Lipinski definition) is 2. The van der Waals surface area contributed by atoms with Gasteiger partial charge in [-0.25, -0.2) is 24.3 Å². The normalized spacial score (nSPS) is 20.5. The highest BCUT2D eigenvalue weighted by atomic mass is 19.1. The highest BCUT2D eigenvalue weighted by Gasteiger charge is 2.47. The molecule has 18 heteroatoms. The molecule has 7 heterocycles. The first kappa shape index (κ1) is 48.8. The number of aromatic nitrogens is 4. The number of nitrogens with one attached hydrogen (secondary N) is 1. The van der Waals surface area contributed by atoms with Gasteiger partial charge in [0.1, 0.15) is 40.9 Å². The summed E-state index contributed by atoms with van der Waals surface area (Å²) in [5.74, 6) is 1.55. The van der Waals surface area contributed by atoms with E-state index in [2.05, 4.69) is 42.1 Å². The van der Waals surface area contributed by atoms with Crippen molar-refractivity contribution in [2.45, 2.75) is 83.8 Å². The van der Waals surface area contributed by atoms with Crippen LogP contribution in [-0.2, 0) is 16.0 Å². The van der Waals surface area contributed by atoms with Gasteiger partial charge in [-0.3, -0.25) is 14.4 Å². The average molecular weight is 953 g/mol. The fraction of sp³-hybridized carbons (Fsp3) is 0.442. The lowest BCUT2D eigenvalue weighted by atomic mass is 9.86. The van der Waals surface area contributed by atoms with Crippen molar-refractivity contribution >= 4 is 40.9 Å². The predicted octanol–water partition coefficient (Wildman–Crippen LogP) is 7.08. The number of nitriles is 2. The van der Waals surface area contributed by atoms with Crippen molar-refractivity contribution in [1.29, 1.82) is 10.5 Å². The molecule has 4 saturated heterocycles. The van der Waals surface area contributed by atoms with Crippen LogP contribution in [0.3, 0.4) is 0 Å². The van der Waals surface area contributed by atoms with E-state index in [0.29, 0.717) is 52.9 Å². The Morgan fingerprint density at radius 1 is 0.829 bits per heavy atom. The van der Waals surface area contributed by atoms with Crippen LogP contribution >= 0.6 is 0 Å². The fourth-order valence-corrected chi connectivity index (χ4v) is 10.0. The van der Waals surface area contributed by atoms with E-state index in [1.54, 1.807) is 47.6 Å². The van der Waals surface area contributed by atoms with Gasteiger partial charge in [0, 0.05) is 87.4 Å². The monoisotopic (exact) mass is 952 g/mol. The Balaban J connectivity index is 0.000000206. The molecule has 2 atom stereocenters. The second-order valence-corrected chi connectivity index (χ2v) is 20.0. The summed E-state index contributed by atoms with van der Waals surface area (Å²) >= 11 is 0. The maximum Gasteiger partial charge on any atom is 0.410 e. The minimum absolute atomic E-state index is 0.0425. The number of hydrogen-bond acceptors (Lipinski definition) is 13. The lowest BCUT2D eigenvalue weighted by molar-refractivity contribution is -0.122. The Labute approximate surface area is 405 Å². The van der Waals surface area contributed by atoms with Crippen LogP contribution in [0.15, 0.2) is 77.9 Å². The quantitative estimate of drug-likeness (QED) is 0.156. The standard InChI is InChI=1S/C33H31FN6O3.C18H24N4O2.CH2O2/c34-28-8-4-21(15-29-26-16-24(43-23-2-1-3-23)6-7-25(26)31(41)38-37-29)14-27(28)32(42)40-13-11-33(20-40)10-12-39(19-33)30-9-5-22(17-35)18-36-30;1-17(2,3)24-16(23)22-9-7-18(13-22)6-8-21(12-18)15-5-4-14(10-19)11-20-15;2-1-3/h4-9,14,16,18,23H,1-3,10-13,15,19-20H2,(H,38,41);4-5,11H,6-9,12-13H2,1-3H3;1H,(H,2,3). The summed E-state index contributed by atoms with van der Waals surface area (Å²) in [4.78, 5) is 63.6. The van der Waals surface area contributed by atoms with Crippen LogP contribution in [0.5, 0.6) is 5.75 Å². The van der Waals surface area contributed by atoms with Gasteiger partial charge in [-0.15, -0.1) is 0 Å². The van der Waals surface area contributed by atoms with Gasteiger partial charge < -0.3 is 34.2 Å². The molecule has 364 valence electrons. The first-order valence-corrected chi connectivity index (χ1v) is 23.7. The average Bonchev–Trinajstić information content (AvgIpc) is 4.17. The second-order valence-electron chi connectivity index (χ2n) is 20.0. The number of benzene rings is 2. The SMILES string of the molecule is CC(C)(C)OC(=O)N1CCC2(CCN(c3ccc(C#N)cn3)C2)C1.N#Cc1ccc(N2CCC3(CCN(C(=O)c4cc(Cc5n[nH]c(=O)c6ccc(OC7CCC7)cc56)ccc4F)C3)C2)nc1.O=CO. The zero-order chi connectivity index (χ0) is 49.6. The predicted molar refractivity (Wildman–Crippen MR) is 258 cm³/mol. The molecule has 2 unspecified atom stereocenters. The molecule has 3 aromatic heterocycles. The van der Waals surface area contributed by atoms with E-state index in [9.17, 15) is 14.4 Å². The molecule has 5 aromatic rings. The summed E-state index contributed by atoms with van der Waals surface area (Å²) in [5, 5.41) is 32.9. The van der Waals surface area contributed by atoms with E-state index in [1.165, 1.54) is 6.07 Å². The van der Waals surface area contributed by atoms with Gasteiger partial charge in [-0.2, -0.15) is 15.6 Å². The molecule has 1 aliphatic carbocycles. The third-order valence-electron chi connectivity index (χ3n) is 13.9. The number of amides is 2. The Morgan fingerprint density at radius 2 is 1.41 bits per heavy atom. The molecule has 2 amide bonds. The van der Waals surface area contributed by atoms with Crippen molar-refractivity contribution in [3.63, 3.8) is 0 Å². The third kappa shape index (κ3) is 11.1. The number of likely N-dealkylation sites (tertiary alicyclic amines) is 2. The molecule has 70 heavy (non-hydrogen) atoms. The Morgan fingerprint density at radius 3 is 1.96 bits per heavy atom. The largest absolute Gasteiger partial charge is 0.490 e. The molecule has 17 nitrogen and oxygen atoms in total. The molecule has 5 aliphatic rings. The van der Waals surface area contributed by atoms with Crippen LogP contribution in [0.2, 0.25) is 0 Å². The van der Waals surface area contributed by atoms with E-state index in [0.717, 1.165) is 101 Å². The second kappa shape index (κ2) is 20.6. The van der Waals surface area contributed by atoms with E-state index in [-0.39, 0.29) is 46.5 Å². The minimum atomic E-state index is -0.556. The minimum Gasteiger partial charge on any atom is -0.490 e. The first-order chi connectivity index (χ1) is 33.6. The Kier molecular flexibility index (Phi) is 14.3. The highest BCUT2D eigenvalue weighted by Crippen LogP contribution is 2.43. The molecular formula is C52H57FN10O7. The summed E-state index contributed by atoms with van der Waals surface area (Å²) in [6.07, 6.45) is 10.5. The summed E-state index contributed by atoms with van der Waals surface area (Å²) in [7, 11) is 0. The van der Waals surface area contributed by atoms with Gasteiger partial charge in [0.25, 0.3) is 17.9 Å². The number of rotatable bonds is 7. The number of fused-ring (bicyclic) bond motifs is 1. The van der Waals surface area contributed by atoms with Crippen LogP contribution in [0, 0.1) is 39.3 Å². The Hall–Kier alpha value is -7.60. The topological polar surface area (TPSA) is 222 Å². The number of carboxylic acid groups (broad SMARTS) is 1. The van der Waals surface area contributed by atoms with Crippen LogP contribution in [0.1, 0.15) is 98.5 Å². The Bertz CT molecular complexity index is 2870.